The second kappa shape index (κ2) is 6.33. The number of aromatic nitrogens is 3. The van der Waals surface area contributed by atoms with Gasteiger partial charge in [-0.2, -0.15) is 0 Å². The highest BCUT2D eigenvalue weighted by molar-refractivity contribution is 6.32. The van der Waals surface area contributed by atoms with Gasteiger partial charge in [0.05, 0.1) is 22.4 Å². The summed E-state index contributed by atoms with van der Waals surface area (Å²) in [5.41, 5.74) is 2.35. The minimum absolute atomic E-state index is 0.131. The summed E-state index contributed by atoms with van der Waals surface area (Å²) in [5.74, 6) is -0.343. The van der Waals surface area contributed by atoms with E-state index >= 15 is 0 Å². The molecular formula is C14H18ClFN4. The predicted octanol–water partition coefficient (Wildman–Crippen LogP) is 3.29. The van der Waals surface area contributed by atoms with E-state index < -0.39 is 0 Å². The van der Waals surface area contributed by atoms with E-state index in [0.29, 0.717) is 10.7 Å². The highest BCUT2D eigenvalue weighted by Gasteiger charge is 2.20. The zero-order valence-corrected chi connectivity index (χ0v) is 12.6. The van der Waals surface area contributed by atoms with Crippen molar-refractivity contribution in [3.05, 3.63) is 40.4 Å². The van der Waals surface area contributed by atoms with Gasteiger partial charge < -0.3 is 5.32 Å². The molecular weight excluding hydrogens is 279 g/mol. The fourth-order valence-corrected chi connectivity index (χ4v) is 2.49. The van der Waals surface area contributed by atoms with Crippen molar-refractivity contribution in [2.24, 2.45) is 0 Å². The minimum Gasteiger partial charge on any atom is -0.312 e. The average molecular weight is 297 g/mol. The van der Waals surface area contributed by atoms with Crippen LogP contribution in [-0.4, -0.2) is 22.0 Å². The maximum absolute atomic E-state index is 13.4. The summed E-state index contributed by atoms with van der Waals surface area (Å²) in [4.78, 5) is 0. The second-order valence-corrected chi connectivity index (χ2v) is 4.94. The Kier molecular flexibility index (Phi) is 4.73. The molecule has 0 aliphatic heterocycles. The van der Waals surface area contributed by atoms with Gasteiger partial charge in [0.25, 0.3) is 0 Å². The molecule has 0 aliphatic carbocycles. The van der Waals surface area contributed by atoms with Crippen LogP contribution in [0.1, 0.15) is 37.7 Å². The molecule has 0 fully saturated rings. The number of hydrogen-bond donors (Lipinski definition) is 1. The molecule has 0 radical (unpaired) electrons. The third-order valence-electron chi connectivity index (χ3n) is 3.35. The van der Waals surface area contributed by atoms with Crippen LogP contribution < -0.4 is 5.32 Å². The van der Waals surface area contributed by atoms with Gasteiger partial charge in [0.15, 0.2) is 0 Å². The van der Waals surface area contributed by atoms with E-state index in [2.05, 4.69) is 22.6 Å². The molecule has 0 spiro atoms. The number of nitrogens with zero attached hydrogens (tertiary/aromatic N) is 3. The Labute approximate surface area is 122 Å². The summed E-state index contributed by atoms with van der Waals surface area (Å²) in [5, 5.41) is 12.1. The van der Waals surface area contributed by atoms with E-state index in [1.807, 2.05) is 14.0 Å². The standard InChI is InChI=1S/C14H18ClFN4/c1-4-11(17-3)14-12(5-2)20(19-18-14)13-8-9(16)6-7-10(13)15/h6-8,11,17H,4-5H2,1-3H3. The van der Waals surface area contributed by atoms with Gasteiger partial charge in [-0.05, 0) is 32.0 Å². The third-order valence-corrected chi connectivity index (χ3v) is 3.67. The Morgan fingerprint density at radius 3 is 2.75 bits per heavy atom. The monoisotopic (exact) mass is 296 g/mol. The molecule has 0 saturated heterocycles. The molecule has 0 aliphatic rings. The molecule has 1 unspecified atom stereocenters. The summed E-state index contributed by atoms with van der Waals surface area (Å²) in [6, 6.07) is 4.37. The van der Waals surface area contributed by atoms with Crippen LogP contribution in [0.25, 0.3) is 5.69 Å². The lowest BCUT2D eigenvalue weighted by atomic mass is 10.1. The van der Waals surface area contributed by atoms with Crippen molar-refractivity contribution in [2.45, 2.75) is 32.7 Å². The average Bonchev–Trinajstić information content (AvgIpc) is 2.86. The first kappa shape index (κ1) is 14.9. The maximum Gasteiger partial charge on any atom is 0.125 e. The van der Waals surface area contributed by atoms with Crippen molar-refractivity contribution in [1.82, 2.24) is 20.3 Å². The van der Waals surface area contributed by atoms with Crippen LogP contribution in [0.15, 0.2) is 18.2 Å². The Hall–Kier alpha value is -1.46. The van der Waals surface area contributed by atoms with Crippen molar-refractivity contribution in [3.63, 3.8) is 0 Å². The highest BCUT2D eigenvalue weighted by atomic mass is 35.5. The molecule has 2 rings (SSSR count). The lowest BCUT2D eigenvalue weighted by Crippen LogP contribution is -2.17. The number of benzene rings is 1. The zero-order valence-electron chi connectivity index (χ0n) is 11.8. The fraction of sp³-hybridized carbons (Fsp3) is 0.429. The van der Waals surface area contributed by atoms with Crippen molar-refractivity contribution in [2.75, 3.05) is 7.05 Å². The molecule has 2 aromatic rings. The van der Waals surface area contributed by atoms with Crippen molar-refractivity contribution >= 4 is 11.6 Å². The van der Waals surface area contributed by atoms with E-state index in [9.17, 15) is 4.39 Å². The zero-order chi connectivity index (χ0) is 14.7. The third kappa shape index (κ3) is 2.69. The molecule has 1 aromatic heterocycles. The Balaban J connectivity index is 2.55. The van der Waals surface area contributed by atoms with Crippen LogP contribution in [0.5, 0.6) is 0 Å². The van der Waals surface area contributed by atoms with Gasteiger partial charge in [-0.15, -0.1) is 5.10 Å². The van der Waals surface area contributed by atoms with Gasteiger partial charge in [0.1, 0.15) is 11.5 Å². The second-order valence-electron chi connectivity index (χ2n) is 4.53. The van der Waals surface area contributed by atoms with Crippen molar-refractivity contribution < 1.29 is 4.39 Å². The van der Waals surface area contributed by atoms with Gasteiger partial charge in [0.2, 0.25) is 0 Å². The minimum atomic E-state index is -0.343. The molecule has 1 heterocycles. The molecule has 4 nitrogen and oxygen atoms in total. The molecule has 6 heteroatoms. The van der Waals surface area contributed by atoms with Gasteiger partial charge in [-0.25, -0.2) is 9.07 Å². The Morgan fingerprint density at radius 1 is 1.40 bits per heavy atom. The number of nitrogens with one attached hydrogen (secondary N) is 1. The summed E-state index contributed by atoms with van der Waals surface area (Å²) in [7, 11) is 1.89. The number of halogens is 2. The quantitative estimate of drug-likeness (QED) is 0.920. The van der Waals surface area contributed by atoms with E-state index in [4.69, 9.17) is 11.6 Å². The Bertz CT molecular complexity index is 593. The summed E-state index contributed by atoms with van der Waals surface area (Å²) >= 11 is 6.15. The van der Waals surface area contributed by atoms with Crippen LogP contribution in [-0.2, 0) is 6.42 Å². The SMILES string of the molecule is CCc1c(C(CC)NC)nnn1-c1cc(F)ccc1Cl. The molecule has 20 heavy (non-hydrogen) atoms. The lowest BCUT2D eigenvalue weighted by molar-refractivity contribution is 0.555. The molecule has 0 amide bonds. The topological polar surface area (TPSA) is 42.7 Å². The normalized spacial score (nSPS) is 12.7. The largest absolute Gasteiger partial charge is 0.312 e. The van der Waals surface area contributed by atoms with Crippen LogP contribution in [0.4, 0.5) is 4.39 Å². The van der Waals surface area contributed by atoms with Crippen LogP contribution >= 0.6 is 11.6 Å². The van der Waals surface area contributed by atoms with Crippen molar-refractivity contribution in [1.29, 1.82) is 0 Å². The van der Waals surface area contributed by atoms with E-state index in [-0.39, 0.29) is 11.9 Å². The molecule has 108 valence electrons. The first-order chi connectivity index (χ1) is 9.62. The van der Waals surface area contributed by atoms with Crippen molar-refractivity contribution in [3.8, 4) is 5.69 Å². The Morgan fingerprint density at radius 2 is 2.15 bits per heavy atom. The van der Waals surface area contributed by atoms with Crippen LogP contribution in [0, 0.1) is 5.82 Å². The fourth-order valence-electron chi connectivity index (χ4n) is 2.29. The summed E-state index contributed by atoms with van der Waals surface area (Å²) < 4.78 is 15.1. The van der Waals surface area contributed by atoms with E-state index in [1.54, 1.807) is 4.68 Å². The summed E-state index contributed by atoms with van der Waals surface area (Å²) in [6.07, 6.45) is 1.65. The first-order valence-electron chi connectivity index (χ1n) is 6.69. The number of hydrogen-bond acceptors (Lipinski definition) is 3. The molecule has 1 atom stereocenters. The van der Waals surface area contributed by atoms with Gasteiger partial charge in [0, 0.05) is 6.07 Å². The van der Waals surface area contributed by atoms with Crippen LogP contribution in [0.3, 0.4) is 0 Å². The highest BCUT2D eigenvalue weighted by Crippen LogP contribution is 2.26. The predicted molar refractivity (Wildman–Crippen MR) is 77.8 cm³/mol. The van der Waals surface area contributed by atoms with Gasteiger partial charge in [-0.1, -0.05) is 30.7 Å². The maximum atomic E-state index is 13.4. The summed E-state index contributed by atoms with van der Waals surface area (Å²) in [6.45, 7) is 4.10. The van der Waals surface area contributed by atoms with E-state index in [1.165, 1.54) is 18.2 Å². The molecule has 1 N–H and O–H groups in total. The number of rotatable bonds is 5. The van der Waals surface area contributed by atoms with Gasteiger partial charge >= 0.3 is 0 Å². The smallest absolute Gasteiger partial charge is 0.125 e. The van der Waals surface area contributed by atoms with Crippen LogP contribution in [0.2, 0.25) is 5.02 Å². The first-order valence-corrected chi connectivity index (χ1v) is 7.07. The lowest BCUT2D eigenvalue weighted by Gasteiger charge is -2.13. The molecule has 0 saturated carbocycles. The van der Waals surface area contributed by atoms with E-state index in [0.717, 1.165) is 24.2 Å². The molecule has 1 aromatic carbocycles. The van der Waals surface area contributed by atoms with Gasteiger partial charge in [-0.3, -0.25) is 0 Å². The molecule has 0 bridgehead atoms.